The third-order valence-electron chi connectivity index (χ3n) is 3.04. The minimum Gasteiger partial charge on any atom is -0.424 e. The summed E-state index contributed by atoms with van der Waals surface area (Å²) in [5.74, 6) is 0.614. The number of nitrogens with one attached hydrogen (secondary N) is 2. The molecule has 0 bridgehead atoms. The van der Waals surface area contributed by atoms with E-state index in [2.05, 4.69) is 15.6 Å². The van der Waals surface area contributed by atoms with Gasteiger partial charge >= 0.3 is 0 Å². The Kier molecular flexibility index (Phi) is 2.95. The molecule has 1 heterocycles. The second-order valence-electron chi connectivity index (χ2n) is 4.61. The number of anilines is 1. The maximum absolute atomic E-state index is 12.0. The summed E-state index contributed by atoms with van der Waals surface area (Å²) in [6.45, 7) is 0. The fourth-order valence-electron chi connectivity index (χ4n) is 1.83. The van der Waals surface area contributed by atoms with Gasteiger partial charge in [0.15, 0.2) is 5.76 Å². The van der Waals surface area contributed by atoms with Crippen molar-refractivity contribution >= 4 is 11.9 Å². The van der Waals surface area contributed by atoms with Gasteiger partial charge < -0.3 is 15.1 Å². The summed E-state index contributed by atoms with van der Waals surface area (Å²) >= 11 is 0. The zero-order valence-corrected chi connectivity index (χ0v) is 10.6. The Bertz CT molecular complexity index is 602. The number of benzene rings is 1. The Balaban J connectivity index is 1.83. The first-order chi connectivity index (χ1) is 9.26. The van der Waals surface area contributed by atoms with E-state index in [9.17, 15) is 4.79 Å². The zero-order valence-electron chi connectivity index (χ0n) is 10.6. The van der Waals surface area contributed by atoms with E-state index >= 15 is 0 Å². The minimum absolute atomic E-state index is 0.0299. The van der Waals surface area contributed by atoms with Crippen molar-refractivity contribution in [1.82, 2.24) is 10.3 Å². The highest BCUT2D eigenvalue weighted by Crippen LogP contribution is 2.24. The quantitative estimate of drug-likeness (QED) is 0.881. The van der Waals surface area contributed by atoms with Gasteiger partial charge in [-0.3, -0.25) is 4.79 Å². The molecule has 0 unspecified atom stereocenters. The van der Waals surface area contributed by atoms with Gasteiger partial charge in [0, 0.05) is 24.2 Å². The van der Waals surface area contributed by atoms with Crippen LogP contribution in [-0.4, -0.2) is 24.0 Å². The number of aromatic nitrogens is 1. The third-order valence-corrected chi connectivity index (χ3v) is 3.04. The monoisotopic (exact) mass is 257 g/mol. The number of hydrogen-bond acceptors (Lipinski definition) is 4. The van der Waals surface area contributed by atoms with Crippen LogP contribution in [0.3, 0.4) is 0 Å². The molecule has 0 atom stereocenters. The molecule has 2 N–H and O–H groups in total. The standard InChI is InChI=1S/C14H15N3O2/c1-15-14-16-8-12(19-14)9-3-2-4-10(7-9)13(18)17-11-5-6-11/h2-4,7-8,11H,5-6H2,1H3,(H,15,16)(H,17,18). The molecular weight excluding hydrogens is 242 g/mol. The highest BCUT2D eigenvalue weighted by molar-refractivity contribution is 5.95. The van der Waals surface area contributed by atoms with Crippen LogP contribution >= 0.6 is 0 Å². The summed E-state index contributed by atoms with van der Waals surface area (Å²) in [4.78, 5) is 16.0. The molecule has 1 amide bonds. The minimum atomic E-state index is -0.0299. The molecule has 0 saturated heterocycles. The van der Waals surface area contributed by atoms with Crippen LogP contribution in [0.5, 0.6) is 0 Å². The van der Waals surface area contributed by atoms with E-state index in [0.29, 0.717) is 23.4 Å². The van der Waals surface area contributed by atoms with E-state index in [1.165, 1.54) is 0 Å². The van der Waals surface area contributed by atoms with Crippen molar-refractivity contribution in [3.8, 4) is 11.3 Å². The van der Waals surface area contributed by atoms with Gasteiger partial charge in [0.2, 0.25) is 0 Å². The third kappa shape index (κ3) is 2.59. The van der Waals surface area contributed by atoms with Crippen molar-refractivity contribution in [2.24, 2.45) is 0 Å². The van der Waals surface area contributed by atoms with Crippen LogP contribution in [0.4, 0.5) is 6.01 Å². The molecule has 2 aromatic rings. The molecule has 98 valence electrons. The molecular formula is C14H15N3O2. The van der Waals surface area contributed by atoms with E-state index in [1.54, 1.807) is 19.3 Å². The van der Waals surface area contributed by atoms with Crippen LogP contribution in [0.2, 0.25) is 0 Å². The second kappa shape index (κ2) is 4.76. The van der Waals surface area contributed by atoms with E-state index < -0.39 is 0 Å². The van der Waals surface area contributed by atoms with Gasteiger partial charge in [-0.05, 0) is 25.0 Å². The lowest BCUT2D eigenvalue weighted by molar-refractivity contribution is 0.0951. The summed E-state index contributed by atoms with van der Waals surface area (Å²) in [6, 6.07) is 8.18. The van der Waals surface area contributed by atoms with Crippen molar-refractivity contribution in [2.45, 2.75) is 18.9 Å². The van der Waals surface area contributed by atoms with Crippen LogP contribution in [0.25, 0.3) is 11.3 Å². The van der Waals surface area contributed by atoms with Crippen molar-refractivity contribution in [1.29, 1.82) is 0 Å². The molecule has 1 aromatic heterocycles. The molecule has 0 radical (unpaired) electrons. The van der Waals surface area contributed by atoms with Gasteiger partial charge in [-0.2, -0.15) is 0 Å². The Morgan fingerprint density at radius 2 is 2.26 bits per heavy atom. The molecule has 0 spiro atoms. The molecule has 0 aliphatic heterocycles. The van der Waals surface area contributed by atoms with E-state index in [-0.39, 0.29) is 5.91 Å². The maximum atomic E-state index is 12.0. The average molecular weight is 257 g/mol. The average Bonchev–Trinajstić information content (AvgIpc) is 3.12. The lowest BCUT2D eigenvalue weighted by Gasteiger charge is -2.04. The normalized spacial score (nSPS) is 14.2. The van der Waals surface area contributed by atoms with Crippen molar-refractivity contribution in [2.75, 3.05) is 12.4 Å². The van der Waals surface area contributed by atoms with E-state index in [1.807, 2.05) is 18.2 Å². The maximum Gasteiger partial charge on any atom is 0.294 e. The van der Waals surface area contributed by atoms with Crippen molar-refractivity contribution < 1.29 is 9.21 Å². The number of hydrogen-bond donors (Lipinski definition) is 2. The largest absolute Gasteiger partial charge is 0.424 e. The molecule has 5 nitrogen and oxygen atoms in total. The van der Waals surface area contributed by atoms with E-state index in [0.717, 1.165) is 18.4 Å². The highest BCUT2D eigenvalue weighted by Gasteiger charge is 2.23. The summed E-state index contributed by atoms with van der Waals surface area (Å²) in [6.07, 6.45) is 3.81. The number of rotatable bonds is 4. The molecule has 1 aliphatic rings. The Hall–Kier alpha value is -2.30. The molecule has 1 aromatic carbocycles. The number of oxazole rings is 1. The van der Waals surface area contributed by atoms with Gasteiger partial charge in [-0.15, -0.1) is 0 Å². The molecule has 1 aliphatic carbocycles. The van der Waals surface area contributed by atoms with Gasteiger partial charge in [-0.1, -0.05) is 12.1 Å². The molecule has 5 heteroatoms. The SMILES string of the molecule is CNc1ncc(-c2cccc(C(=O)NC3CC3)c2)o1. The van der Waals surface area contributed by atoms with Gasteiger partial charge in [0.05, 0.1) is 6.20 Å². The summed E-state index contributed by atoms with van der Waals surface area (Å²) in [5.41, 5.74) is 1.49. The molecule has 1 fully saturated rings. The second-order valence-corrected chi connectivity index (χ2v) is 4.61. The van der Waals surface area contributed by atoms with Gasteiger partial charge in [0.1, 0.15) is 0 Å². The Labute approximate surface area is 111 Å². The smallest absolute Gasteiger partial charge is 0.294 e. The van der Waals surface area contributed by atoms with Crippen LogP contribution in [0.15, 0.2) is 34.9 Å². The first kappa shape index (κ1) is 11.8. The predicted molar refractivity (Wildman–Crippen MR) is 72.0 cm³/mol. The fraction of sp³-hybridized carbons (Fsp3) is 0.286. The van der Waals surface area contributed by atoms with Crippen LogP contribution in [0.1, 0.15) is 23.2 Å². The topological polar surface area (TPSA) is 67.2 Å². The number of nitrogens with zero attached hydrogens (tertiary/aromatic N) is 1. The van der Waals surface area contributed by atoms with E-state index in [4.69, 9.17) is 4.42 Å². The van der Waals surface area contributed by atoms with Gasteiger partial charge in [-0.25, -0.2) is 4.98 Å². The molecule has 19 heavy (non-hydrogen) atoms. The van der Waals surface area contributed by atoms with Crippen LogP contribution in [-0.2, 0) is 0 Å². The summed E-state index contributed by atoms with van der Waals surface area (Å²) in [5, 5.41) is 5.80. The summed E-state index contributed by atoms with van der Waals surface area (Å²) < 4.78 is 5.49. The molecule has 3 rings (SSSR count). The van der Waals surface area contributed by atoms with Crippen LogP contribution < -0.4 is 10.6 Å². The lowest BCUT2D eigenvalue weighted by Crippen LogP contribution is -2.25. The first-order valence-corrected chi connectivity index (χ1v) is 6.31. The Morgan fingerprint density at radius 3 is 2.95 bits per heavy atom. The summed E-state index contributed by atoms with van der Waals surface area (Å²) in [7, 11) is 1.75. The first-order valence-electron chi connectivity index (χ1n) is 6.31. The molecule has 1 saturated carbocycles. The van der Waals surface area contributed by atoms with Crippen molar-refractivity contribution in [3.63, 3.8) is 0 Å². The highest BCUT2D eigenvalue weighted by atomic mass is 16.4. The zero-order chi connectivity index (χ0) is 13.2. The number of carbonyl (C=O) groups excluding carboxylic acids is 1. The van der Waals surface area contributed by atoms with Gasteiger partial charge in [0.25, 0.3) is 11.9 Å². The number of carbonyl (C=O) groups is 1. The Morgan fingerprint density at radius 1 is 1.42 bits per heavy atom. The van der Waals surface area contributed by atoms with Crippen molar-refractivity contribution in [3.05, 3.63) is 36.0 Å². The number of amides is 1. The fourth-order valence-corrected chi connectivity index (χ4v) is 1.83. The predicted octanol–water partition coefficient (Wildman–Crippen LogP) is 2.28. The van der Waals surface area contributed by atoms with Crippen LogP contribution in [0, 0.1) is 0 Å². The lowest BCUT2D eigenvalue weighted by atomic mass is 10.1.